The van der Waals surface area contributed by atoms with Crippen LogP contribution in [0.15, 0.2) is 24.3 Å². The number of hydrogen-bond acceptors (Lipinski definition) is 3. The number of nitrogens with zero attached hydrogens (tertiary/aromatic N) is 1. The molecule has 1 heterocycles. The Labute approximate surface area is 137 Å². The zero-order valence-electron chi connectivity index (χ0n) is 14.0. The summed E-state index contributed by atoms with van der Waals surface area (Å²) in [6.07, 6.45) is 2.90. The number of rotatable bonds is 5. The highest BCUT2D eigenvalue weighted by Crippen LogP contribution is 2.20. The summed E-state index contributed by atoms with van der Waals surface area (Å²) in [5, 5.41) is 0. The van der Waals surface area contributed by atoms with Crippen LogP contribution in [0.25, 0.3) is 0 Å². The Kier molecular flexibility index (Phi) is 6.02. The summed E-state index contributed by atoms with van der Waals surface area (Å²) >= 11 is 0. The highest BCUT2D eigenvalue weighted by molar-refractivity contribution is 5.76. The van der Waals surface area contributed by atoms with Gasteiger partial charge in [-0.1, -0.05) is 36.8 Å². The number of primary amides is 1. The van der Waals surface area contributed by atoms with Crippen molar-refractivity contribution in [3.05, 3.63) is 35.4 Å². The highest BCUT2D eigenvalue weighted by Gasteiger charge is 2.29. The van der Waals surface area contributed by atoms with Crippen molar-refractivity contribution >= 4 is 12.0 Å². The van der Waals surface area contributed by atoms with E-state index in [4.69, 9.17) is 10.5 Å². The fraction of sp³-hybridized carbons (Fsp3) is 0.556. The predicted octanol–water partition coefficient (Wildman–Crippen LogP) is 2.65. The average Bonchev–Trinajstić information content (AvgIpc) is 2.56. The molecule has 2 atom stereocenters. The molecule has 0 aliphatic carbocycles. The van der Waals surface area contributed by atoms with Gasteiger partial charge < -0.3 is 15.4 Å². The number of nitrogens with two attached hydrogens (primary N) is 1. The SMILES string of the molecule is CC[C@H](Cc1ccc(C)cc1)OC(=O)[C@H]1CCCN(C(N)=O)C1. The van der Waals surface area contributed by atoms with Crippen LogP contribution in [-0.2, 0) is 16.0 Å². The van der Waals surface area contributed by atoms with Crippen molar-refractivity contribution in [2.45, 2.75) is 45.6 Å². The lowest BCUT2D eigenvalue weighted by atomic mass is 9.98. The molecule has 0 saturated carbocycles. The van der Waals surface area contributed by atoms with Gasteiger partial charge >= 0.3 is 12.0 Å². The number of hydrogen-bond donors (Lipinski definition) is 1. The molecule has 0 bridgehead atoms. The number of piperidine rings is 1. The number of ether oxygens (including phenoxy) is 1. The summed E-state index contributed by atoms with van der Waals surface area (Å²) in [4.78, 5) is 25.2. The first-order valence-corrected chi connectivity index (χ1v) is 8.30. The van der Waals surface area contributed by atoms with Gasteiger partial charge in [-0.3, -0.25) is 4.79 Å². The molecule has 1 aliphatic rings. The summed E-state index contributed by atoms with van der Waals surface area (Å²) in [5.41, 5.74) is 7.69. The molecule has 5 heteroatoms. The molecular weight excluding hydrogens is 292 g/mol. The molecule has 0 radical (unpaired) electrons. The minimum Gasteiger partial charge on any atom is -0.462 e. The second-order valence-electron chi connectivity index (χ2n) is 6.28. The molecule has 1 aromatic rings. The van der Waals surface area contributed by atoms with Gasteiger partial charge in [-0.15, -0.1) is 0 Å². The van der Waals surface area contributed by atoms with Crippen molar-refractivity contribution in [3.63, 3.8) is 0 Å². The van der Waals surface area contributed by atoms with Gasteiger partial charge in [0.05, 0.1) is 5.92 Å². The van der Waals surface area contributed by atoms with Crippen molar-refractivity contribution in [3.8, 4) is 0 Å². The van der Waals surface area contributed by atoms with E-state index in [1.807, 2.05) is 6.92 Å². The first-order chi connectivity index (χ1) is 11.0. The Morgan fingerprint density at radius 3 is 2.65 bits per heavy atom. The van der Waals surface area contributed by atoms with Gasteiger partial charge in [0.25, 0.3) is 0 Å². The Balaban J connectivity index is 1.91. The van der Waals surface area contributed by atoms with Crippen LogP contribution in [0.3, 0.4) is 0 Å². The first kappa shape index (κ1) is 17.3. The molecule has 1 fully saturated rings. The lowest BCUT2D eigenvalue weighted by Gasteiger charge is -2.31. The van der Waals surface area contributed by atoms with E-state index >= 15 is 0 Å². The fourth-order valence-electron chi connectivity index (χ4n) is 2.89. The van der Waals surface area contributed by atoms with Crippen molar-refractivity contribution in [2.24, 2.45) is 11.7 Å². The topological polar surface area (TPSA) is 72.6 Å². The van der Waals surface area contributed by atoms with Gasteiger partial charge in [0.1, 0.15) is 6.10 Å². The number of urea groups is 1. The summed E-state index contributed by atoms with van der Waals surface area (Å²) in [5.74, 6) is -0.474. The van der Waals surface area contributed by atoms with Gasteiger partial charge in [0, 0.05) is 19.5 Å². The van der Waals surface area contributed by atoms with Crippen LogP contribution in [0.1, 0.15) is 37.3 Å². The lowest BCUT2D eigenvalue weighted by molar-refractivity contribution is -0.155. The highest BCUT2D eigenvalue weighted by atomic mass is 16.5. The Morgan fingerprint density at radius 2 is 2.04 bits per heavy atom. The molecule has 23 heavy (non-hydrogen) atoms. The van der Waals surface area contributed by atoms with Crippen LogP contribution < -0.4 is 5.73 Å². The van der Waals surface area contributed by atoms with E-state index in [0.29, 0.717) is 13.1 Å². The van der Waals surface area contributed by atoms with E-state index in [2.05, 4.69) is 31.2 Å². The quantitative estimate of drug-likeness (QED) is 0.848. The predicted molar refractivity (Wildman–Crippen MR) is 88.9 cm³/mol. The van der Waals surface area contributed by atoms with Gasteiger partial charge in [-0.05, 0) is 31.7 Å². The lowest BCUT2D eigenvalue weighted by Crippen LogP contribution is -2.45. The molecule has 2 rings (SSSR count). The standard InChI is InChI=1S/C18H26N2O3/c1-3-16(11-14-8-6-13(2)7-9-14)23-17(21)15-5-4-10-20(12-15)18(19)22/h6-9,15-16H,3-5,10-12H2,1-2H3,(H2,19,22)/t15-,16+/m0/s1. The maximum absolute atomic E-state index is 12.4. The first-order valence-electron chi connectivity index (χ1n) is 8.30. The number of aryl methyl sites for hydroxylation is 1. The molecule has 5 nitrogen and oxygen atoms in total. The van der Waals surface area contributed by atoms with E-state index < -0.39 is 6.03 Å². The van der Waals surface area contributed by atoms with Crippen LogP contribution in [0.5, 0.6) is 0 Å². The van der Waals surface area contributed by atoms with Crippen molar-refractivity contribution < 1.29 is 14.3 Å². The number of carbonyl (C=O) groups excluding carboxylic acids is 2. The molecule has 0 spiro atoms. The van der Waals surface area contributed by atoms with Gasteiger partial charge in [0.2, 0.25) is 0 Å². The molecule has 2 amide bonds. The zero-order chi connectivity index (χ0) is 16.8. The largest absolute Gasteiger partial charge is 0.462 e. The smallest absolute Gasteiger partial charge is 0.314 e. The monoisotopic (exact) mass is 318 g/mol. The average molecular weight is 318 g/mol. The molecule has 0 aromatic heterocycles. The molecule has 126 valence electrons. The third-order valence-corrected chi connectivity index (χ3v) is 4.39. The number of esters is 1. The maximum atomic E-state index is 12.4. The number of carbonyl (C=O) groups is 2. The van der Waals surface area contributed by atoms with E-state index in [0.717, 1.165) is 31.2 Å². The molecule has 1 saturated heterocycles. The van der Waals surface area contributed by atoms with Crippen LogP contribution in [0, 0.1) is 12.8 Å². The summed E-state index contributed by atoms with van der Waals surface area (Å²) in [6.45, 7) is 5.06. The van der Waals surface area contributed by atoms with E-state index in [-0.39, 0.29) is 18.0 Å². The molecule has 1 aromatic carbocycles. The zero-order valence-corrected chi connectivity index (χ0v) is 14.0. The fourth-order valence-corrected chi connectivity index (χ4v) is 2.89. The van der Waals surface area contributed by atoms with Crippen LogP contribution in [0.2, 0.25) is 0 Å². The van der Waals surface area contributed by atoms with Crippen LogP contribution in [-0.4, -0.2) is 36.1 Å². The van der Waals surface area contributed by atoms with Crippen molar-refractivity contribution in [2.75, 3.05) is 13.1 Å². The summed E-state index contributed by atoms with van der Waals surface area (Å²) in [7, 11) is 0. The van der Waals surface area contributed by atoms with E-state index in [1.54, 1.807) is 0 Å². The van der Waals surface area contributed by atoms with Gasteiger partial charge in [-0.25, -0.2) is 4.79 Å². The van der Waals surface area contributed by atoms with E-state index in [9.17, 15) is 9.59 Å². The molecule has 1 aliphatic heterocycles. The van der Waals surface area contributed by atoms with Gasteiger partial charge in [-0.2, -0.15) is 0 Å². The van der Waals surface area contributed by atoms with E-state index in [1.165, 1.54) is 10.5 Å². The molecule has 0 unspecified atom stereocenters. The third kappa shape index (κ3) is 4.98. The summed E-state index contributed by atoms with van der Waals surface area (Å²) in [6, 6.07) is 7.81. The van der Waals surface area contributed by atoms with Crippen LogP contribution in [0.4, 0.5) is 4.79 Å². The number of benzene rings is 1. The van der Waals surface area contributed by atoms with Crippen LogP contribution >= 0.6 is 0 Å². The normalized spacial score (nSPS) is 19.2. The van der Waals surface area contributed by atoms with Crippen molar-refractivity contribution in [1.82, 2.24) is 4.90 Å². The molecule has 2 N–H and O–H groups in total. The van der Waals surface area contributed by atoms with Crippen molar-refractivity contribution in [1.29, 1.82) is 0 Å². The minimum absolute atomic E-state index is 0.130. The Bertz CT molecular complexity index is 542. The number of amides is 2. The Hall–Kier alpha value is -2.04. The Morgan fingerprint density at radius 1 is 1.35 bits per heavy atom. The minimum atomic E-state index is -0.464. The maximum Gasteiger partial charge on any atom is 0.314 e. The second-order valence-corrected chi connectivity index (χ2v) is 6.28. The third-order valence-electron chi connectivity index (χ3n) is 4.39. The summed E-state index contributed by atoms with van der Waals surface area (Å²) < 4.78 is 5.68. The second kappa shape index (κ2) is 7.99. The number of likely N-dealkylation sites (tertiary alicyclic amines) is 1. The van der Waals surface area contributed by atoms with Gasteiger partial charge in [0.15, 0.2) is 0 Å². The molecular formula is C18H26N2O3.